The number of aliphatic imine (C=N–C) groups is 1. The number of benzene rings is 1. The molecule has 1 aliphatic rings. The summed E-state index contributed by atoms with van der Waals surface area (Å²) < 4.78 is 5.40. The molecule has 2 rings (SSSR count). The second-order valence-corrected chi connectivity index (χ2v) is 6.45. The summed E-state index contributed by atoms with van der Waals surface area (Å²) in [5.41, 5.74) is 1.21. The molecule has 1 unspecified atom stereocenters. The zero-order chi connectivity index (χ0) is 17.4. The minimum Gasteiger partial charge on any atom is -0.496 e. The van der Waals surface area contributed by atoms with Crippen LogP contribution in [0.3, 0.4) is 0 Å². The van der Waals surface area contributed by atoms with E-state index < -0.39 is 0 Å². The molecule has 0 heterocycles. The van der Waals surface area contributed by atoms with Crippen molar-refractivity contribution in [3.8, 4) is 5.75 Å². The van der Waals surface area contributed by atoms with Crippen LogP contribution in [0, 0.1) is 0 Å². The van der Waals surface area contributed by atoms with Crippen LogP contribution in [0.5, 0.6) is 5.75 Å². The minimum atomic E-state index is 0.474. The Morgan fingerprint density at radius 3 is 2.75 bits per heavy atom. The summed E-state index contributed by atoms with van der Waals surface area (Å²) in [6.45, 7) is 6.86. The molecular formula is C19H32N4O. The number of nitrogens with one attached hydrogen (secondary N) is 2. The molecular weight excluding hydrogens is 300 g/mol. The Hall–Kier alpha value is -1.75. The normalized spacial score (nSPS) is 16.1. The number of ether oxygens (including phenoxy) is 1. The topological polar surface area (TPSA) is 48.9 Å². The van der Waals surface area contributed by atoms with Gasteiger partial charge in [-0.2, -0.15) is 0 Å². The first kappa shape index (κ1) is 18.6. The van der Waals surface area contributed by atoms with E-state index in [2.05, 4.69) is 42.5 Å². The first-order chi connectivity index (χ1) is 11.7. The Morgan fingerprint density at radius 2 is 2.08 bits per heavy atom. The van der Waals surface area contributed by atoms with Gasteiger partial charge in [0.1, 0.15) is 5.75 Å². The molecule has 0 amide bonds. The fraction of sp³-hybridized carbons (Fsp3) is 0.632. The molecule has 1 fully saturated rings. The fourth-order valence-corrected chi connectivity index (χ4v) is 2.76. The standard InChI is InChI=1S/C19H32N4O/c1-5-20-19(22-14-15(2)23(3)17-10-11-17)21-13-12-16-8-6-7-9-18(16)24-4/h6-9,15,17H,5,10-14H2,1-4H3,(H2,20,21,22). The first-order valence-corrected chi connectivity index (χ1v) is 9.01. The maximum absolute atomic E-state index is 5.40. The Balaban J connectivity index is 1.82. The quantitative estimate of drug-likeness (QED) is 0.538. The number of para-hydroxylation sites is 1. The molecule has 5 nitrogen and oxygen atoms in total. The molecule has 0 aromatic heterocycles. The van der Waals surface area contributed by atoms with E-state index in [0.29, 0.717) is 6.04 Å². The predicted octanol–water partition coefficient (Wildman–Crippen LogP) is 2.28. The minimum absolute atomic E-state index is 0.474. The summed E-state index contributed by atoms with van der Waals surface area (Å²) in [4.78, 5) is 7.19. The highest BCUT2D eigenvalue weighted by Gasteiger charge is 2.28. The lowest BCUT2D eigenvalue weighted by molar-refractivity contribution is 0.253. The van der Waals surface area contributed by atoms with Gasteiger partial charge in [0.15, 0.2) is 5.96 Å². The number of likely N-dealkylation sites (N-methyl/N-ethyl adjacent to an activating group) is 1. The van der Waals surface area contributed by atoms with E-state index in [9.17, 15) is 0 Å². The van der Waals surface area contributed by atoms with Crippen LogP contribution in [-0.4, -0.2) is 56.7 Å². The van der Waals surface area contributed by atoms with Gasteiger partial charge < -0.3 is 15.4 Å². The van der Waals surface area contributed by atoms with Crippen LogP contribution in [0.15, 0.2) is 29.3 Å². The van der Waals surface area contributed by atoms with Gasteiger partial charge in [-0.15, -0.1) is 0 Å². The Labute approximate surface area is 146 Å². The third kappa shape index (κ3) is 5.71. The lowest BCUT2D eigenvalue weighted by Gasteiger charge is -2.23. The molecule has 0 radical (unpaired) electrons. The number of hydrogen-bond acceptors (Lipinski definition) is 3. The van der Waals surface area contributed by atoms with Crippen molar-refractivity contribution in [2.75, 3.05) is 33.8 Å². The highest BCUT2D eigenvalue weighted by molar-refractivity contribution is 5.79. The molecule has 1 aliphatic carbocycles. The van der Waals surface area contributed by atoms with Crippen LogP contribution in [0.1, 0.15) is 32.3 Å². The number of guanidine groups is 1. The van der Waals surface area contributed by atoms with Crippen molar-refractivity contribution in [1.82, 2.24) is 15.5 Å². The summed E-state index contributed by atoms with van der Waals surface area (Å²) in [7, 11) is 3.93. The van der Waals surface area contributed by atoms with Crippen molar-refractivity contribution in [3.05, 3.63) is 29.8 Å². The van der Waals surface area contributed by atoms with Gasteiger partial charge in [-0.05, 0) is 51.8 Å². The molecule has 1 aromatic rings. The summed E-state index contributed by atoms with van der Waals surface area (Å²) in [6.07, 6.45) is 3.58. The average Bonchev–Trinajstić information content (AvgIpc) is 3.44. The molecule has 24 heavy (non-hydrogen) atoms. The van der Waals surface area contributed by atoms with Crippen molar-refractivity contribution >= 4 is 5.96 Å². The summed E-state index contributed by atoms with van der Waals surface area (Å²) in [5, 5.41) is 6.75. The Morgan fingerprint density at radius 1 is 1.33 bits per heavy atom. The van der Waals surface area contributed by atoms with Gasteiger partial charge in [0.2, 0.25) is 0 Å². The van der Waals surface area contributed by atoms with Crippen molar-refractivity contribution in [2.24, 2.45) is 4.99 Å². The third-order valence-electron chi connectivity index (χ3n) is 4.56. The average molecular weight is 332 g/mol. The van der Waals surface area contributed by atoms with Gasteiger partial charge in [0.25, 0.3) is 0 Å². The number of nitrogens with zero attached hydrogens (tertiary/aromatic N) is 2. The van der Waals surface area contributed by atoms with E-state index in [0.717, 1.165) is 43.8 Å². The Kier molecular flexibility index (Phi) is 7.37. The molecule has 1 saturated carbocycles. The van der Waals surface area contributed by atoms with Crippen molar-refractivity contribution in [1.29, 1.82) is 0 Å². The van der Waals surface area contributed by atoms with Crippen LogP contribution in [0.2, 0.25) is 0 Å². The van der Waals surface area contributed by atoms with Gasteiger partial charge in [0, 0.05) is 25.2 Å². The first-order valence-electron chi connectivity index (χ1n) is 9.01. The lowest BCUT2D eigenvalue weighted by Crippen LogP contribution is -2.40. The van der Waals surface area contributed by atoms with Crippen LogP contribution < -0.4 is 15.4 Å². The number of hydrogen-bond donors (Lipinski definition) is 2. The van der Waals surface area contributed by atoms with E-state index in [1.54, 1.807) is 7.11 Å². The smallest absolute Gasteiger partial charge is 0.191 e. The fourth-order valence-electron chi connectivity index (χ4n) is 2.76. The van der Waals surface area contributed by atoms with E-state index in [1.807, 2.05) is 18.2 Å². The molecule has 0 spiro atoms. The highest BCUT2D eigenvalue weighted by Crippen LogP contribution is 2.26. The van der Waals surface area contributed by atoms with E-state index in [4.69, 9.17) is 9.73 Å². The van der Waals surface area contributed by atoms with Crippen molar-refractivity contribution < 1.29 is 4.74 Å². The van der Waals surface area contributed by atoms with Gasteiger partial charge >= 0.3 is 0 Å². The lowest BCUT2D eigenvalue weighted by atomic mass is 10.1. The van der Waals surface area contributed by atoms with Crippen LogP contribution in [0.25, 0.3) is 0 Å². The SMILES string of the molecule is CCNC(=NCC(C)N(C)C1CC1)NCCc1ccccc1OC. The van der Waals surface area contributed by atoms with Crippen molar-refractivity contribution in [2.45, 2.75) is 45.2 Å². The molecule has 2 N–H and O–H groups in total. The maximum Gasteiger partial charge on any atom is 0.191 e. The molecule has 1 aromatic carbocycles. The zero-order valence-electron chi connectivity index (χ0n) is 15.5. The van der Waals surface area contributed by atoms with Gasteiger partial charge in [-0.3, -0.25) is 9.89 Å². The number of rotatable bonds is 9. The molecule has 0 aliphatic heterocycles. The Bertz CT molecular complexity index is 528. The van der Waals surface area contributed by atoms with Crippen molar-refractivity contribution in [3.63, 3.8) is 0 Å². The van der Waals surface area contributed by atoms with Gasteiger partial charge in [-0.25, -0.2) is 0 Å². The second-order valence-electron chi connectivity index (χ2n) is 6.45. The predicted molar refractivity (Wildman–Crippen MR) is 101 cm³/mol. The third-order valence-corrected chi connectivity index (χ3v) is 4.56. The monoisotopic (exact) mass is 332 g/mol. The second kappa shape index (κ2) is 9.52. The summed E-state index contributed by atoms with van der Waals surface area (Å²) in [5.74, 6) is 1.84. The van der Waals surface area contributed by atoms with Crippen LogP contribution in [-0.2, 0) is 6.42 Å². The van der Waals surface area contributed by atoms with Crippen LogP contribution >= 0.6 is 0 Å². The molecule has 0 saturated heterocycles. The zero-order valence-corrected chi connectivity index (χ0v) is 15.5. The maximum atomic E-state index is 5.40. The van der Waals surface area contributed by atoms with E-state index >= 15 is 0 Å². The summed E-state index contributed by atoms with van der Waals surface area (Å²) >= 11 is 0. The number of methoxy groups -OCH3 is 1. The van der Waals surface area contributed by atoms with E-state index in [-0.39, 0.29) is 0 Å². The molecule has 134 valence electrons. The molecule has 0 bridgehead atoms. The molecule has 5 heteroatoms. The van der Waals surface area contributed by atoms with Gasteiger partial charge in [0.05, 0.1) is 13.7 Å². The highest BCUT2D eigenvalue weighted by atomic mass is 16.5. The largest absolute Gasteiger partial charge is 0.496 e. The van der Waals surface area contributed by atoms with Gasteiger partial charge in [-0.1, -0.05) is 18.2 Å². The van der Waals surface area contributed by atoms with E-state index in [1.165, 1.54) is 18.4 Å². The van der Waals surface area contributed by atoms with Crippen LogP contribution in [0.4, 0.5) is 0 Å². The summed E-state index contributed by atoms with van der Waals surface area (Å²) in [6, 6.07) is 9.41. The molecule has 1 atom stereocenters.